The number of methoxy groups -OCH3 is 1. The Kier molecular flexibility index (Phi) is 7.41. The average molecular weight is 353 g/mol. The third-order valence-electron chi connectivity index (χ3n) is 3.00. The molecule has 0 radical (unpaired) electrons. The van der Waals surface area contributed by atoms with E-state index in [0.29, 0.717) is 36.7 Å². The Hall–Kier alpha value is -1.38. The summed E-state index contributed by atoms with van der Waals surface area (Å²) in [6, 6.07) is 7.45. The van der Waals surface area contributed by atoms with Gasteiger partial charge in [0, 0.05) is 25.1 Å². The van der Waals surface area contributed by atoms with Gasteiger partial charge in [-0.2, -0.15) is 5.26 Å². The summed E-state index contributed by atoms with van der Waals surface area (Å²) in [6.07, 6.45) is 0.437. The van der Waals surface area contributed by atoms with Gasteiger partial charge in [0.05, 0.1) is 24.2 Å². The van der Waals surface area contributed by atoms with E-state index in [-0.39, 0.29) is 5.78 Å². The Morgan fingerprint density at radius 1 is 1.48 bits per heavy atom. The molecule has 0 heterocycles. The fourth-order valence-electron chi connectivity index (χ4n) is 2.09. The normalized spacial score (nSPS) is 10.7. The minimum atomic E-state index is 0.0527. The van der Waals surface area contributed by atoms with Crippen LogP contribution >= 0.6 is 15.9 Å². The first-order chi connectivity index (χ1) is 9.97. The number of hydrogen-bond acceptors (Lipinski definition) is 4. The third kappa shape index (κ3) is 5.86. The zero-order chi connectivity index (χ0) is 15.8. The van der Waals surface area contributed by atoms with Crippen molar-refractivity contribution in [1.29, 1.82) is 5.26 Å². The van der Waals surface area contributed by atoms with Gasteiger partial charge in [-0.05, 0) is 40.0 Å². The van der Waals surface area contributed by atoms with E-state index in [1.807, 2.05) is 4.90 Å². The molecule has 21 heavy (non-hydrogen) atoms. The molecule has 0 aliphatic carbocycles. The van der Waals surface area contributed by atoms with Gasteiger partial charge in [-0.25, -0.2) is 0 Å². The highest BCUT2D eigenvalue weighted by Gasteiger charge is 2.15. The van der Waals surface area contributed by atoms with Gasteiger partial charge in [-0.3, -0.25) is 9.69 Å². The van der Waals surface area contributed by atoms with Gasteiger partial charge in [-0.15, -0.1) is 0 Å². The highest BCUT2D eigenvalue weighted by atomic mass is 79.9. The molecule has 0 bridgehead atoms. The van der Waals surface area contributed by atoms with Crippen molar-refractivity contribution < 1.29 is 9.53 Å². The lowest BCUT2D eigenvalue weighted by Crippen LogP contribution is -2.33. The Balaban J connectivity index is 2.76. The monoisotopic (exact) mass is 352 g/mol. The van der Waals surface area contributed by atoms with Crippen molar-refractivity contribution in [3.63, 3.8) is 0 Å². The molecule has 4 nitrogen and oxygen atoms in total. The van der Waals surface area contributed by atoms with E-state index in [1.54, 1.807) is 25.3 Å². The smallest absolute Gasteiger partial charge is 0.176 e. The second-order valence-electron chi connectivity index (χ2n) is 5.31. The van der Waals surface area contributed by atoms with Crippen LogP contribution in [0.4, 0.5) is 0 Å². The summed E-state index contributed by atoms with van der Waals surface area (Å²) in [5.41, 5.74) is 0.647. The molecule has 0 fully saturated rings. The molecule has 0 unspecified atom stereocenters. The number of ketones is 1. The predicted molar refractivity (Wildman–Crippen MR) is 86.5 cm³/mol. The number of ether oxygens (including phenoxy) is 1. The lowest BCUT2D eigenvalue weighted by molar-refractivity contribution is 0.0923. The summed E-state index contributed by atoms with van der Waals surface area (Å²) in [7, 11) is 1.59. The molecule has 0 N–H and O–H groups in total. The first kappa shape index (κ1) is 17.7. The van der Waals surface area contributed by atoms with Crippen LogP contribution < -0.4 is 4.74 Å². The van der Waals surface area contributed by atoms with E-state index in [9.17, 15) is 4.79 Å². The highest BCUT2D eigenvalue weighted by Crippen LogP contribution is 2.25. The first-order valence-corrected chi connectivity index (χ1v) is 7.73. The molecule has 0 atom stereocenters. The van der Waals surface area contributed by atoms with Crippen molar-refractivity contribution in [2.45, 2.75) is 20.3 Å². The summed E-state index contributed by atoms with van der Waals surface area (Å²) in [5, 5.41) is 8.71. The minimum Gasteiger partial charge on any atom is -0.496 e. The van der Waals surface area contributed by atoms with Gasteiger partial charge in [0.25, 0.3) is 0 Å². The minimum absolute atomic E-state index is 0.0527. The van der Waals surface area contributed by atoms with E-state index in [0.717, 1.165) is 11.0 Å². The Labute approximate surface area is 134 Å². The van der Waals surface area contributed by atoms with Gasteiger partial charge in [-0.1, -0.05) is 13.8 Å². The second-order valence-corrected chi connectivity index (χ2v) is 6.16. The fourth-order valence-corrected chi connectivity index (χ4v) is 2.63. The number of hydrogen-bond donors (Lipinski definition) is 0. The quantitative estimate of drug-likeness (QED) is 0.671. The largest absolute Gasteiger partial charge is 0.496 e. The third-order valence-corrected chi connectivity index (χ3v) is 3.62. The molecule has 0 amide bonds. The van der Waals surface area contributed by atoms with Gasteiger partial charge in [0.1, 0.15) is 5.75 Å². The number of nitrogens with zero attached hydrogens (tertiary/aromatic N) is 2. The van der Waals surface area contributed by atoms with Gasteiger partial charge >= 0.3 is 0 Å². The zero-order valence-electron chi connectivity index (χ0n) is 12.7. The van der Waals surface area contributed by atoms with Crippen molar-refractivity contribution in [2.24, 2.45) is 5.92 Å². The SMILES string of the molecule is COc1ccc(C(=O)CN(CCC#N)CC(C)C)cc1Br. The fraction of sp³-hybridized carbons (Fsp3) is 0.500. The van der Waals surface area contributed by atoms with Gasteiger partial charge in [0.15, 0.2) is 5.78 Å². The molecule has 0 saturated heterocycles. The van der Waals surface area contributed by atoms with Crippen molar-refractivity contribution in [3.8, 4) is 11.8 Å². The number of carbonyl (C=O) groups excluding carboxylic acids is 1. The van der Waals surface area contributed by atoms with E-state index in [4.69, 9.17) is 10.00 Å². The van der Waals surface area contributed by atoms with Crippen LogP contribution in [0.3, 0.4) is 0 Å². The van der Waals surface area contributed by atoms with E-state index < -0.39 is 0 Å². The number of carbonyl (C=O) groups is 1. The Morgan fingerprint density at radius 3 is 2.71 bits per heavy atom. The standard InChI is InChI=1S/C16H21BrN2O2/c1-12(2)10-19(8-4-7-18)11-15(20)13-5-6-16(21-3)14(17)9-13/h5-6,9,12H,4,8,10-11H2,1-3H3. The van der Waals surface area contributed by atoms with Crippen LogP contribution in [0, 0.1) is 17.2 Å². The molecule has 1 rings (SSSR count). The summed E-state index contributed by atoms with van der Waals surface area (Å²) in [4.78, 5) is 14.4. The average Bonchev–Trinajstić information content (AvgIpc) is 2.43. The molecule has 1 aromatic rings. The number of Topliss-reactive ketones (excluding diaryl/α,β-unsaturated/α-hetero) is 1. The molecule has 1 aromatic carbocycles. The van der Waals surface area contributed by atoms with Crippen LogP contribution in [0.15, 0.2) is 22.7 Å². The molecule has 0 aliphatic heterocycles. The highest BCUT2D eigenvalue weighted by molar-refractivity contribution is 9.10. The molecular weight excluding hydrogens is 332 g/mol. The lowest BCUT2D eigenvalue weighted by atomic mass is 10.1. The predicted octanol–water partition coefficient (Wildman–Crippen LogP) is 3.51. The van der Waals surface area contributed by atoms with E-state index in [1.165, 1.54) is 0 Å². The van der Waals surface area contributed by atoms with E-state index in [2.05, 4.69) is 35.8 Å². The summed E-state index contributed by atoms with van der Waals surface area (Å²) < 4.78 is 5.93. The number of halogens is 1. The van der Waals surface area contributed by atoms with Crippen LogP contribution in [0.5, 0.6) is 5.75 Å². The molecular formula is C16H21BrN2O2. The Bertz CT molecular complexity index is 523. The van der Waals surface area contributed by atoms with Crippen molar-refractivity contribution in [2.75, 3.05) is 26.7 Å². The topological polar surface area (TPSA) is 53.3 Å². The van der Waals surface area contributed by atoms with E-state index >= 15 is 0 Å². The van der Waals surface area contributed by atoms with Crippen LogP contribution in [-0.2, 0) is 0 Å². The number of benzene rings is 1. The summed E-state index contributed by atoms with van der Waals surface area (Å²) in [5.74, 6) is 1.21. The van der Waals surface area contributed by atoms with Crippen LogP contribution in [-0.4, -0.2) is 37.4 Å². The van der Waals surface area contributed by atoms with Crippen LogP contribution in [0.1, 0.15) is 30.6 Å². The zero-order valence-corrected chi connectivity index (χ0v) is 14.3. The number of rotatable bonds is 8. The maximum atomic E-state index is 12.4. The lowest BCUT2D eigenvalue weighted by Gasteiger charge is -2.22. The Morgan fingerprint density at radius 2 is 2.19 bits per heavy atom. The maximum absolute atomic E-state index is 12.4. The van der Waals surface area contributed by atoms with Crippen LogP contribution in [0.25, 0.3) is 0 Å². The molecule has 0 aliphatic rings. The van der Waals surface area contributed by atoms with Crippen LogP contribution in [0.2, 0.25) is 0 Å². The van der Waals surface area contributed by atoms with Crippen molar-refractivity contribution in [1.82, 2.24) is 4.90 Å². The molecule has 0 aromatic heterocycles. The molecule has 0 spiro atoms. The molecule has 0 saturated carbocycles. The second kappa shape index (κ2) is 8.81. The van der Waals surface area contributed by atoms with Crippen molar-refractivity contribution in [3.05, 3.63) is 28.2 Å². The summed E-state index contributed by atoms with van der Waals surface area (Å²) in [6.45, 7) is 5.97. The molecule has 5 heteroatoms. The van der Waals surface area contributed by atoms with Gasteiger partial charge in [0.2, 0.25) is 0 Å². The first-order valence-electron chi connectivity index (χ1n) is 6.94. The van der Waals surface area contributed by atoms with Gasteiger partial charge < -0.3 is 4.74 Å². The van der Waals surface area contributed by atoms with Crippen molar-refractivity contribution >= 4 is 21.7 Å². The number of nitriles is 1. The molecule has 114 valence electrons. The maximum Gasteiger partial charge on any atom is 0.176 e. The summed E-state index contributed by atoms with van der Waals surface area (Å²) >= 11 is 3.39.